The molecule has 2 heterocycles. The standard InChI is InChI=1S/C29H35F3N6O2/c1-17(2)34-27(40)23-7-5-6-20(23)15-25-24(29(30,31)32)16-33-28(36-25)35-21-10-8-19(9-11-21)26(39)13-12-22-14-18(3)38(4)37-22/h8-11,14,16-17,20,23H,5-7,12-13,15H2,1-4H3,(H,34,40)(H,33,35,36)/t20-,23-/m0/s1. The Hall–Kier alpha value is -3.76. The van der Waals surface area contributed by atoms with Crippen LogP contribution in [0.3, 0.4) is 0 Å². The summed E-state index contributed by atoms with van der Waals surface area (Å²) in [6.07, 6.45) is -0.854. The summed E-state index contributed by atoms with van der Waals surface area (Å²) in [5, 5.41) is 10.2. The van der Waals surface area contributed by atoms with Crippen LogP contribution in [0.4, 0.5) is 24.8 Å². The minimum Gasteiger partial charge on any atom is -0.354 e. The van der Waals surface area contributed by atoms with Crippen molar-refractivity contribution in [2.45, 2.75) is 71.5 Å². The van der Waals surface area contributed by atoms with Crippen molar-refractivity contribution >= 4 is 23.3 Å². The van der Waals surface area contributed by atoms with Gasteiger partial charge in [-0.25, -0.2) is 9.97 Å². The van der Waals surface area contributed by atoms with Gasteiger partial charge in [-0.1, -0.05) is 6.42 Å². The molecule has 0 radical (unpaired) electrons. The van der Waals surface area contributed by atoms with E-state index in [-0.39, 0.29) is 47.6 Å². The predicted octanol–water partition coefficient (Wildman–Crippen LogP) is 5.58. The number of aromatic nitrogens is 4. The van der Waals surface area contributed by atoms with E-state index < -0.39 is 11.7 Å². The first kappa shape index (κ1) is 29.2. The van der Waals surface area contributed by atoms with E-state index in [1.165, 1.54) is 0 Å². The Labute approximate surface area is 231 Å². The quantitative estimate of drug-likeness (QED) is 0.316. The van der Waals surface area contributed by atoms with Crippen molar-refractivity contribution in [2.75, 3.05) is 5.32 Å². The zero-order valence-corrected chi connectivity index (χ0v) is 23.2. The molecule has 1 aliphatic carbocycles. The van der Waals surface area contributed by atoms with E-state index in [2.05, 4.69) is 25.7 Å². The van der Waals surface area contributed by atoms with Crippen molar-refractivity contribution < 1.29 is 22.8 Å². The van der Waals surface area contributed by atoms with Crippen LogP contribution >= 0.6 is 0 Å². The molecule has 0 aliphatic heterocycles. The number of halogens is 3. The van der Waals surface area contributed by atoms with Gasteiger partial charge in [-0.15, -0.1) is 0 Å². The van der Waals surface area contributed by atoms with Crippen molar-refractivity contribution in [3.8, 4) is 0 Å². The monoisotopic (exact) mass is 556 g/mol. The molecule has 0 saturated heterocycles. The number of amides is 1. The number of hydrogen-bond donors (Lipinski definition) is 2. The molecule has 0 unspecified atom stereocenters. The lowest BCUT2D eigenvalue weighted by Crippen LogP contribution is -2.37. The molecule has 3 aromatic rings. The van der Waals surface area contributed by atoms with Gasteiger partial charge in [-0.3, -0.25) is 14.3 Å². The third-order valence-electron chi connectivity index (χ3n) is 7.29. The number of rotatable bonds is 10. The Kier molecular flexibility index (Phi) is 8.90. The second-order valence-corrected chi connectivity index (χ2v) is 10.7. The lowest BCUT2D eigenvalue weighted by molar-refractivity contribution is -0.138. The SMILES string of the molecule is Cc1cc(CCC(=O)c2ccc(Nc3ncc(C(F)(F)F)c(C[C@@H]4CCC[C@@H]4C(=O)NC(C)C)n3)cc2)nn1C. The average Bonchev–Trinajstić information content (AvgIpc) is 3.47. The van der Waals surface area contributed by atoms with Gasteiger partial charge in [0.15, 0.2) is 5.78 Å². The summed E-state index contributed by atoms with van der Waals surface area (Å²) < 4.78 is 43.2. The molecule has 0 bridgehead atoms. The van der Waals surface area contributed by atoms with Crippen LogP contribution in [0.2, 0.25) is 0 Å². The van der Waals surface area contributed by atoms with Crippen LogP contribution in [-0.2, 0) is 30.9 Å². The summed E-state index contributed by atoms with van der Waals surface area (Å²) in [6.45, 7) is 5.67. The van der Waals surface area contributed by atoms with Gasteiger partial charge in [0.25, 0.3) is 0 Å². The molecule has 4 rings (SSSR count). The van der Waals surface area contributed by atoms with Gasteiger partial charge in [0, 0.05) is 48.6 Å². The first-order chi connectivity index (χ1) is 18.9. The van der Waals surface area contributed by atoms with Crippen LogP contribution in [0.5, 0.6) is 0 Å². The van der Waals surface area contributed by atoms with Crippen LogP contribution < -0.4 is 10.6 Å². The van der Waals surface area contributed by atoms with Crippen molar-refractivity contribution in [3.05, 3.63) is 64.7 Å². The predicted molar refractivity (Wildman–Crippen MR) is 145 cm³/mol. The molecule has 40 heavy (non-hydrogen) atoms. The summed E-state index contributed by atoms with van der Waals surface area (Å²) in [5.41, 5.74) is 1.92. The molecule has 1 fully saturated rings. The maximum Gasteiger partial charge on any atom is 0.419 e. The maximum atomic E-state index is 13.8. The van der Waals surface area contributed by atoms with Gasteiger partial charge in [-0.05, 0) is 82.7 Å². The van der Waals surface area contributed by atoms with Crippen molar-refractivity contribution in [1.29, 1.82) is 0 Å². The highest BCUT2D eigenvalue weighted by atomic mass is 19.4. The zero-order valence-electron chi connectivity index (χ0n) is 23.2. The number of nitrogens with one attached hydrogen (secondary N) is 2. The third kappa shape index (κ3) is 7.25. The van der Waals surface area contributed by atoms with E-state index in [1.54, 1.807) is 28.9 Å². The fourth-order valence-electron chi connectivity index (χ4n) is 5.15. The number of aryl methyl sites for hydroxylation is 3. The first-order valence-corrected chi connectivity index (χ1v) is 13.5. The molecule has 8 nitrogen and oxygen atoms in total. The highest BCUT2D eigenvalue weighted by molar-refractivity contribution is 5.96. The Morgan fingerprint density at radius 3 is 2.50 bits per heavy atom. The van der Waals surface area contributed by atoms with E-state index in [4.69, 9.17) is 0 Å². The minimum absolute atomic E-state index is 0.0220. The van der Waals surface area contributed by atoms with Gasteiger partial charge in [0.1, 0.15) is 0 Å². The first-order valence-electron chi connectivity index (χ1n) is 13.5. The molecule has 214 valence electrons. The Bertz CT molecular complexity index is 1330. The summed E-state index contributed by atoms with van der Waals surface area (Å²) in [7, 11) is 1.85. The van der Waals surface area contributed by atoms with E-state index in [0.717, 1.165) is 24.0 Å². The largest absolute Gasteiger partial charge is 0.419 e. The van der Waals surface area contributed by atoms with E-state index in [9.17, 15) is 22.8 Å². The molecule has 2 atom stereocenters. The second kappa shape index (κ2) is 12.2. The highest BCUT2D eigenvalue weighted by Crippen LogP contribution is 2.38. The number of alkyl halides is 3. The topological polar surface area (TPSA) is 102 Å². The molecule has 0 spiro atoms. The average molecular weight is 557 g/mol. The Morgan fingerprint density at radius 2 is 1.88 bits per heavy atom. The molecular formula is C29H35F3N6O2. The Morgan fingerprint density at radius 1 is 1.15 bits per heavy atom. The number of Topliss-reactive ketones (excluding diaryl/α,β-unsaturated/α-hetero) is 1. The molecule has 1 aromatic carbocycles. The number of anilines is 2. The molecule has 1 amide bonds. The van der Waals surface area contributed by atoms with Crippen molar-refractivity contribution in [3.63, 3.8) is 0 Å². The lowest BCUT2D eigenvalue weighted by Gasteiger charge is -2.22. The maximum absolute atomic E-state index is 13.8. The van der Waals surface area contributed by atoms with Crippen LogP contribution in [0.25, 0.3) is 0 Å². The van der Waals surface area contributed by atoms with E-state index in [1.807, 2.05) is 33.9 Å². The fraction of sp³-hybridized carbons (Fsp3) is 0.483. The third-order valence-corrected chi connectivity index (χ3v) is 7.29. The summed E-state index contributed by atoms with van der Waals surface area (Å²) in [6, 6.07) is 8.57. The van der Waals surface area contributed by atoms with Crippen LogP contribution in [0.15, 0.2) is 36.5 Å². The van der Waals surface area contributed by atoms with Crippen LogP contribution in [0.1, 0.15) is 72.5 Å². The van der Waals surface area contributed by atoms with E-state index >= 15 is 0 Å². The molecular weight excluding hydrogens is 521 g/mol. The summed E-state index contributed by atoms with van der Waals surface area (Å²) in [5.74, 6) is -0.711. The number of hydrogen-bond acceptors (Lipinski definition) is 6. The second-order valence-electron chi connectivity index (χ2n) is 10.7. The van der Waals surface area contributed by atoms with Crippen molar-refractivity contribution in [2.24, 2.45) is 18.9 Å². The van der Waals surface area contributed by atoms with Gasteiger partial charge >= 0.3 is 6.18 Å². The van der Waals surface area contributed by atoms with Gasteiger partial charge in [0.05, 0.1) is 17.0 Å². The number of carbonyl (C=O) groups is 2. The van der Waals surface area contributed by atoms with Crippen molar-refractivity contribution in [1.82, 2.24) is 25.1 Å². The smallest absolute Gasteiger partial charge is 0.354 e. The fourth-order valence-corrected chi connectivity index (χ4v) is 5.15. The number of carbonyl (C=O) groups excluding carboxylic acids is 2. The highest BCUT2D eigenvalue weighted by Gasteiger charge is 2.39. The van der Waals surface area contributed by atoms with Crippen LogP contribution in [0, 0.1) is 18.8 Å². The van der Waals surface area contributed by atoms with E-state index in [0.29, 0.717) is 36.9 Å². The molecule has 2 aromatic heterocycles. The molecule has 11 heteroatoms. The minimum atomic E-state index is -4.61. The number of nitrogens with zero attached hydrogens (tertiary/aromatic N) is 4. The lowest BCUT2D eigenvalue weighted by atomic mass is 9.89. The summed E-state index contributed by atoms with van der Waals surface area (Å²) in [4.78, 5) is 33.4. The van der Waals surface area contributed by atoms with Crippen LogP contribution in [-0.4, -0.2) is 37.5 Å². The van der Waals surface area contributed by atoms with Gasteiger partial charge in [-0.2, -0.15) is 18.3 Å². The van der Waals surface area contributed by atoms with Gasteiger partial charge in [0.2, 0.25) is 11.9 Å². The zero-order chi connectivity index (χ0) is 29.0. The van der Waals surface area contributed by atoms with Gasteiger partial charge < -0.3 is 10.6 Å². The number of benzene rings is 1. The molecule has 1 saturated carbocycles. The summed E-state index contributed by atoms with van der Waals surface area (Å²) >= 11 is 0. The number of ketones is 1. The molecule has 1 aliphatic rings. The molecule has 2 N–H and O–H groups in total. The Balaban J connectivity index is 1.45. The normalized spacial score (nSPS) is 17.3.